The summed E-state index contributed by atoms with van der Waals surface area (Å²) in [5.41, 5.74) is 2.80. The number of nitrogens with zero attached hydrogens (tertiary/aromatic N) is 1. The van der Waals surface area contributed by atoms with Gasteiger partial charge in [0.05, 0.1) is 32.3 Å². The Balaban J connectivity index is 1.71. The number of amides is 1. The zero-order valence-electron chi connectivity index (χ0n) is 11.6. The van der Waals surface area contributed by atoms with Gasteiger partial charge in [-0.05, 0) is 23.3 Å². The van der Waals surface area contributed by atoms with Gasteiger partial charge < -0.3 is 19.5 Å². The molecule has 6 heteroatoms. The molecule has 1 unspecified atom stereocenters. The van der Waals surface area contributed by atoms with Crippen molar-refractivity contribution in [2.45, 2.75) is 25.7 Å². The molecule has 21 heavy (non-hydrogen) atoms. The summed E-state index contributed by atoms with van der Waals surface area (Å²) in [4.78, 5) is 24.9. The maximum absolute atomic E-state index is 12.5. The van der Waals surface area contributed by atoms with Crippen LogP contribution in [0.25, 0.3) is 0 Å². The average Bonchev–Trinajstić information content (AvgIpc) is 2.93. The maximum atomic E-state index is 12.5. The van der Waals surface area contributed by atoms with Gasteiger partial charge in [-0.2, -0.15) is 0 Å². The molecule has 1 atom stereocenters. The minimum Gasteiger partial charge on any atom is -0.481 e. The van der Waals surface area contributed by atoms with Crippen LogP contribution in [0.1, 0.15) is 27.9 Å². The smallest absolute Gasteiger partial charge is 0.306 e. The van der Waals surface area contributed by atoms with Crippen LogP contribution in [0.4, 0.5) is 0 Å². The molecule has 1 fully saturated rings. The second-order valence-corrected chi connectivity index (χ2v) is 5.32. The first-order chi connectivity index (χ1) is 10.1. The van der Waals surface area contributed by atoms with E-state index < -0.39 is 12.1 Å². The Kier molecular flexibility index (Phi) is 3.90. The number of hydrogen-bond acceptors (Lipinski definition) is 4. The predicted octanol–water partition coefficient (Wildman–Crippen LogP) is 1.03. The van der Waals surface area contributed by atoms with E-state index in [0.717, 1.165) is 11.1 Å². The van der Waals surface area contributed by atoms with Crippen LogP contribution in [0.3, 0.4) is 0 Å². The van der Waals surface area contributed by atoms with Gasteiger partial charge in [0.2, 0.25) is 0 Å². The van der Waals surface area contributed by atoms with Gasteiger partial charge in [0.1, 0.15) is 0 Å². The molecule has 0 aromatic heterocycles. The molecule has 0 spiro atoms. The molecule has 1 N–H and O–H groups in total. The number of benzene rings is 1. The molecule has 2 aliphatic rings. The van der Waals surface area contributed by atoms with E-state index in [0.29, 0.717) is 38.5 Å². The lowest BCUT2D eigenvalue weighted by Crippen LogP contribution is -2.46. The molecule has 0 radical (unpaired) electrons. The fraction of sp³-hybridized carbons (Fsp3) is 0.467. The Labute approximate surface area is 122 Å². The summed E-state index contributed by atoms with van der Waals surface area (Å²) in [7, 11) is 0. The van der Waals surface area contributed by atoms with Gasteiger partial charge >= 0.3 is 5.97 Å². The Bertz CT molecular complexity index is 571. The van der Waals surface area contributed by atoms with Crippen LogP contribution in [0.2, 0.25) is 0 Å². The number of carboxylic acid groups (broad SMARTS) is 1. The summed E-state index contributed by atoms with van der Waals surface area (Å²) in [5.74, 6) is -0.993. The van der Waals surface area contributed by atoms with E-state index in [-0.39, 0.29) is 12.3 Å². The lowest BCUT2D eigenvalue weighted by Gasteiger charge is -2.32. The number of carbonyl (C=O) groups is 2. The summed E-state index contributed by atoms with van der Waals surface area (Å²) in [6, 6.07) is 5.59. The quantitative estimate of drug-likeness (QED) is 0.900. The second kappa shape index (κ2) is 5.83. The molecule has 0 saturated carbocycles. The third kappa shape index (κ3) is 3.06. The van der Waals surface area contributed by atoms with E-state index in [9.17, 15) is 9.59 Å². The van der Waals surface area contributed by atoms with Gasteiger partial charge in [0.25, 0.3) is 5.91 Å². The molecular formula is C15H17NO5. The summed E-state index contributed by atoms with van der Waals surface area (Å²) in [6.07, 6.45) is -0.514. The first-order valence-electron chi connectivity index (χ1n) is 6.95. The standard InChI is InChI=1S/C15H17NO5/c17-14(18)6-13-7-16(3-4-21-13)15(19)10-1-2-11-8-20-9-12(11)5-10/h1-2,5,13H,3-4,6-9H2,(H,17,18). The van der Waals surface area contributed by atoms with Crippen LogP contribution in [0.5, 0.6) is 0 Å². The number of morpholine rings is 1. The van der Waals surface area contributed by atoms with E-state index in [4.69, 9.17) is 14.6 Å². The number of rotatable bonds is 3. The number of aliphatic carboxylic acids is 1. The van der Waals surface area contributed by atoms with Gasteiger partial charge in [-0.3, -0.25) is 9.59 Å². The summed E-state index contributed by atoms with van der Waals surface area (Å²) < 4.78 is 10.7. The van der Waals surface area contributed by atoms with Gasteiger partial charge in [0, 0.05) is 18.7 Å². The van der Waals surface area contributed by atoms with E-state index in [1.807, 2.05) is 12.1 Å². The number of fused-ring (bicyclic) bond motifs is 1. The Morgan fingerprint density at radius 2 is 2.10 bits per heavy atom. The van der Waals surface area contributed by atoms with Crippen LogP contribution in [-0.4, -0.2) is 47.7 Å². The SMILES string of the molecule is O=C(O)CC1CN(C(=O)c2ccc3c(c2)COC3)CCO1. The number of hydrogen-bond donors (Lipinski definition) is 1. The summed E-state index contributed by atoms with van der Waals surface area (Å²) in [6.45, 7) is 2.32. The highest BCUT2D eigenvalue weighted by molar-refractivity contribution is 5.94. The van der Waals surface area contributed by atoms with Crippen molar-refractivity contribution in [3.05, 3.63) is 34.9 Å². The molecular weight excluding hydrogens is 274 g/mol. The highest BCUT2D eigenvalue weighted by atomic mass is 16.5. The third-order valence-corrected chi connectivity index (χ3v) is 3.80. The first-order valence-corrected chi connectivity index (χ1v) is 6.95. The van der Waals surface area contributed by atoms with Crippen molar-refractivity contribution in [1.82, 2.24) is 4.90 Å². The Morgan fingerprint density at radius 1 is 1.29 bits per heavy atom. The minimum absolute atomic E-state index is 0.0802. The van der Waals surface area contributed by atoms with Crippen molar-refractivity contribution < 1.29 is 24.2 Å². The lowest BCUT2D eigenvalue weighted by molar-refractivity contribution is -0.141. The largest absolute Gasteiger partial charge is 0.481 e. The molecule has 2 heterocycles. The number of carboxylic acids is 1. The fourth-order valence-corrected chi connectivity index (χ4v) is 2.71. The molecule has 1 aromatic carbocycles. The van der Waals surface area contributed by atoms with Crippen molar-refractivity contribution in [2.75, 3.05) is 19.7 Å². The third-order valence-electron chi connectivity index (χ3n) is 3.80. The van der Waals surface area contributed by atoms with E-state index in [2.05, 4.69) is 0 Å². The summed E-state index contributed by atoms with van der Waals surface area (Å²) >= 11 is 0. The van der Waals surface area contributed by atoms with E-state index >= 15 is 0 Å². The van der Waals surface area contributed by atoms with Gasteiger partial charge in [-0.1, -0.05) is 6.07 Å². The normalized spacial score (nSPS) is 21.1. The van der Waals surface area contributed by atoms with Crippen LogP contribution >= 0.6 is 0 Å². The van der Waals surface area contributed by atoms with Crippen LogP contribution in [-0.2, 0) is 27.5 Å². The van der Waals surface area contributed by atoms with Gasteiger partial charge in [-0.15, -0.1) is 0 Å². The molecule has 1 saturated heterocycles. The van der Waals surface area contributed by atoms with Gasteiger partial charge in [0.15, 0.2) is 0 Å². The van der Waals surface area contributed by atoms with Crippen molar-refractivity contribution in [3.8, 4) is 0 Å². The maximum Gasteiger partial charge on any atom is 0.306 e. The molecule has 3 rings (SSSR count). The number of ether oxygens (including phenoxy) is 2. The zero-order valence-corrected chi connectivity index (χ0v) is 11.6. The monoisotopic (exact) mass is 291 g/mol. The molecule has 2 aliphatic heterocycles. The van der Waals surface area contributed by atoms with Crippen LogP contribution < -0.4 is 0 Å². The average molecular weight is 291 g/mol. The lowest BCUT2D eigenvalue weighted by atomic mass is 10.0. The highest BCUT2D eigenvalue weighted by Gasteiger charge is 2.27. The Hall–Kier alpha value is -1.92. The predicted molar refractivity (Wildman–Crippen MR) is 72.8 cm³/mol. The van der Waals surface area contributed by atoms with Crippen molar-refractivity contribution in [2.24, 2.45) is 0 Å². The molecule has 6 nitrogen and oxygen atoms in total. The molecule has 112 valence electrons. The van der Waals surface area contributed by atoms with Crippen LogP contribution in [0, 0.1) is 0 Å². The highest BCUT2D eigenvalue weighted by Crippen LogP contribution is 2.22. The molecule has 1 aromatic rings. The molecule has 0 bridgehead atoms. The van der Waals surface area contributed by atoms with Crippen molar-refractivity contribution >= 4 is 11.9 Å². The Morgan fingerprint density at radius 3 is 2.90 bits per heavy atom. The zero-order chi connectivity index (χ0) is 14.8. The van der Waals surface area contributed by atoms with E-state index in [1.165, 1.54) is 0 Å². The minimum atomic E-state index is -0.913. The fourth-order valence-electron chi connectivity index (χ4n) is 2.71. The van der Waals surface area contributed by atoms with Crippen molar-refractivity contribution in [3.63, 3.8) is 0 Å². The molecule has 0 aliphatic carbocycles. The number of carbonyl (C=O) groups excluding carboxylic acids is 1. The van der Waals surface area contributed by atoms with Crippen LogP contribution in [0.15, 0.2) is 18.2 Å². The van der Waals surface area contributed by atoms with Gasteiger partial charge in [-0.25, -0.2) is 0 Å². The second-order valence-electron chi connectivity index (χ2n) is 5.32. The van der Waals surface area contributed by atoms with E-state index in [1.54, 1.807) is 11.0 Å². The first kappa shape index (κ1) is 14.0. The molecule has 1 amide bonds. The topological polar surface area (TPSA) is 76.1 Å². The summed E-state index contributed by atoms with van der Waals surface area (Å²) in [5, 5.41) is 8.82. The van der Waals surface area contributed by atoms with Crippen molar-refractivity contribution in [1.29, 1.82) is 0 Å².